The van der Waals surface area contributed by atoms with Crippen LogP contribution in [0.5, 0.6) is 28.7 Å². The van der Waals surface area contributed by atoms with Gasteiger partial charge in [0.25, 0.3) is 11.8 Å². The molecule has 0 bridgehead atoms. The third-order valence-corrected chi connectivity index (χ3v) is 5.96. The maximum absolute atomic E-state index is 12.7. The lowest BCUT2D eigenvalue weighted by molar-refractivity contribution is -0.120. The summed E-state index contributed by atoms with van der Waals surface area (Å²) in [5.74, 6) is 0.154. The van der Waals surface area contributed by atoms with Gasteiger partial charge in [0.2, 0.25) is 5.75 Å². The highest BCUT2D eigenvalue weighted by atomic mass is 79.9. The van der Waals surface area contributed by atoms with E-state index in [1.807, 2.05) is 6.92 Å². The van der Waals surface area contributed by atoms with Crippen molar-refractivity contribution in [1.82, 2.24) is 10.7 Å². The second-order valence-electron chi connectivity index (χ2n) is 8.33. The first-order valence-electron chi connectivity index (χ1n) is 12.4. The fraction of sp³-hybridized carbons (Fsp3) is 0.241. The smallest absolute Gasteiger partial charge is 0.343 e. The number of rotatable bonds is 13. The van der Waals surface area contributed by atoms with Crippen molar-refractivity contribution in [3.8, 4) is 28.7 Å². The third-order valence-electron chi connectivity index (χ3n) is 5.47. The van der Waals surface area contributed by atoms with Crippen LogP contribution in [0.25, 0.3) is 0 Å². The van der Waals surface area contributed by atoms with Gasteiger partial charge in [-0.05, 0) is 61.0 Å². The van der Waals surface area contributed by atoms with Gasteiger partial charge >= 0.3 is 5.97 Å². The lowest BCUT2D eigenvalue weighted by atomic mass is 10.1. The minimum atomic E-state index is -0.582. The summed E-state index contributed by atoms with van der Waals surface area (Å²) in [6.07, 6.45) is 2.20. The van der Waals surface area contributed by atoms with Gasteiger partial charge in [-0.15, -0.1) is 0 Å². The molecule has 0 saturated carbocycles. The van der Waals surface area contributed by atoms with Gasteiger partial charge in [0.15, 0.2) is 11.5 Å². The SMILES string of the molecule is CCCOc1ccc(C(=O)Oc2ccc(Br)cc2/C=N/NC(=O)CNC(=O)c2cc(OC)c(OC)c(OC)c2)cc1. The van der Waals surface area contributed by atoms with Gasteiger partial charge in [0.05, 0.1) is 46.3 Å². The van der Waals surface area contributed by atoms with E-state index in [1.165, 1.54) is 39.7 Å². The topological polar surface area (TPSA) is 134 Å². The molecule has 12 heteroatoms. The molecular weight excluding hydrogens is 598 g/mol. The summed E-state index contributed by atoms with van der Waals surface area (Å²) in [6, 6.07) is 14.6. The van der Waals surface area contributed by atoms with Crippen LogP contribution in [0.4, 0.5) is 0 Å². The van der Waals surface area contributed by atoms with Gasteiger partial charge in [-0.3, -0.25) is 9.59 Å². The molecule has 41 heavy (non-hydrogen) atoms. The molecule has 0 fully saturated rings. The van der Waals surface area contributed by atoms with Crippen LogP contribution < -0.4 is 34.4 Å². The van der Waals surface area contributed by atoms with Crippen LogP contribution in [0, 0.1) is 0 Å². The van der Waals surface area contributed by atoms with Gasteiger partial charge in [0.1, 0.15) is 11.5 Å². The maximum Gasteiger partial charge on any atom is 0.343 e. The second kappa shape index (κ2) is 15.3. The number of halogens is 1. The van der Waals surface area contributed by atoms with Crippen molar-refractivity contribution in [2.24, 2.45) is 5.10 Å². The number of ether oxygens (including phenoxy) is 5. The highest BCUT2D eigenvalue weighted by Crippen LogP contribution is 2.38. The average Bonchev–Trinajstić information content (AvgIpc) is 2.99. The highest BCUT2D eigenvalue weighted by Gasteiger charge is 2.17. The minimum Gasteiger partial charge on any atom is -0.494 e. The van der Waals surface area contributed by atoms with Crippen LogP contribution in [0.2, 0.25) is 0 Å². The van der Waals surface area contributed by atoms with E-state index in [0.717, 1.165) is 6.42 Å². The van der Waals surface area contributed by atoms with E-state index in [9.17, 15) is 14.4 Å². The summed E-state index contributed by atoms with van der Waals surface area (Å²) >= 11 is 3.37. The van der Waals surface area contributed by atoms with Crippen molar-refractivity contribution >= 4 is 39.9 Å². The molecule has 0 aliphatic heterocycles. The number of nitrogens with zero attached hydrogens (tertiary/aromatic N) is 1. The number of amides is 2. The molecule has 11 nitrogen and oxygen atoms in total. The van der Waals surface area contributed by atoms with Crippen LogP contribution in [0.15, 0.2) is 64.2 Å². The first-order chi connectivity index (χ1) is 19.8. The van der Waals surface area contributed by atoms with Crippen LogP contribution >= 0.6 is 15.9 Å². The molecule has 2 amide bonds. The minimum absolute atomic E-state index is 0.208. The van der Waals surface area contributed by atoms with E-state index < -0.39 is 17.8 Å². The zero-order valence-corrected chi connectivity index (χ0v) is 24.6. The largest absolute Gasteiger partial charge is 0.494 e. The molecule has 2 N–H and O–H groups in total. The van der Waals surface area contributed by atoms with Gasteiger partial charge in [0, 0.05) is 15.6 Å². The molecule has 3 rings (SSSR count). The number of hydrazone groups is 1. The quantitative estimate of drug-likeness (QED) is 0.124. The maximum atomic E-state index is 12.7. The number of carbonyl (C=O) groups is 3. The standard InChI is InChI=1S/C29H30BrN3O8/c1-5-12-40-22-9-6-18(7-10-22)29(36)41-23-11-8-21(30)13-20(23)16-32-33-26(34)17-31-28(35)19-14-24(37-2)27(39-4)25(15-19)38-3/h6-11,13-16H,5,12,17H2,1-4H3,(H,31,35)(H,33,34)/b32-16+. The summed E-state index contributed by atoms with van der Waals surface area (Å²) in [6.45, 7) is 2.24. The Labute approximate surface area is 245 Å². The molecule has 0 unspecified atom stereocenters. The number of methoxy groups -OCH3 is 3. The number of esters is 1. The molecule has 0 radical (unpaired) electrons. The Kier molecular flexibility index (Phi) is 11.5. The van der Waals surface area contributed by atoms with Crippen molar-refractivity contribution in [3.05, 3.63) is 75.8 Å². The second-order valence-corrected chi connectivity index (χ2v) is 9.25. The summed E-state index contributed by atoms with van der Waals surface area (Å²) in [4.78, 5) is 37.6. The lowest BCUT2D eigenvalue weighted by Crippen LogP contribution is -2.35. The number of benzene rings is 3. The fourth-order valence-electron chi connectivity index (χ4n) is 3.47. The Morgan fingerprint density at radius 2 is 1.56 bits per heavy atom. The van der Waals surface area contributed by atoms with Crippen LogP contribution in [0.3, 0.4) is 0 Å². The first kappa shape index (κ1) is 31.0. The Bertz CT molecular complexity index is 1380. The summed E-state index contributed by atoms with van der Waals surface area (Å²) in [5.41, 5.74) is 3.31. The number of carbonyl (C=O) groups excluding carboxylic acids is 3. The van der Waals surface area contributed by atoms with Crippen molar-refractivity contribution in [2.75, 3.05) is 34.5 Å². The van der Waals surface area contributed by atoms with E-state index in [-0.39, 0.29) is 17.9 Å². The Morgan fingerprint density at radius 1 is 0.878 bits per heavy atom. The van der Waals surface area contributed by atoms with Crippen molar-refractivity contribution in [3.63, 3.8) is 0 Å². The van der Waals surface area contributed by atoms with E-state index in [1.54, 1.807) is 42.5 Å². The number of hydrogen-bond acceptors (Lipinski definition) is 9. The summed E-state index contributed by atoms with van der Waals surface area (Å²) < 4.78 is 27.6. The van der Waals surface area contributed by atoms with E-state index in [4.69, 9.17) is 23.7 Å². The molecule has 3 aromatic carbocycles. The third kappa shape index (κ3) is 8.70. The van der Waals surface area contributed by atoms with Crippen molar-refractivity contribution < 1.29 is 38.1 Å². The Balaban J connectivity index is 1.60. The van der Waals surface area contributed by atoms with Gasteiger partial charge in [-0.1, -0.05) is 22.9 Å². The first-order valence-corrected chi connectivity index (χ1v) is 13.2. The zero-order valence-electron chi connectivity index (χ0n) is 23.0. The number of hydrogen-bond donors (Lipinski definition) is 2. The molecule has 0 aliphatic carbocycles. The molecule has 3 aromatic rings. The van der Waals surface area contributed by atoms with Gasteiger partial charge in [-0.2, -0.15) is 5.10 Å². The van der Waals surface area contributed by atoms with Crippen molar-refractivity contribution in [2.45, 2.75) is 13.3 Å². The van der Waals surface area contributed by atoms with Crippen LogP contribution in [-0.4, -0.2) is 58.5 Å². The Hall–Kier alpha value is -4.58. The van der Waals surface area contributed by atoms with E-state index in [0.29, 0.717) is 45.2 Å². The monoisotopic (exact) mass is 627 g/mol. The van der Waals surface area contributed by atoms with Crippen molar-refractivity contribution in [1.29, 1.82) is 0 Å². The average molecular weight is 628 g/mol. The summed E-state index contributed by atoms with van der Waals surface area (Å²) in [7, 11) is 4.32. The van der Waals surface area contributed by atoms with Gasteiger partial charge in [-0.25, -0.2) is 10.2 Å². The van der Waals surface area contributed by atoms with E-state index in [2.05, 4.69) is 31.8 Å². The Morgan fingerprint density at radius 3 is 2.17 bits per heavy atom. The molecule has 0 saturated heterocycles. The predicted molar refractivity (Wildman–Crippen MR) is 155 cm³/mol. The lowest BCUT2D eigenvalue weighted by Gasteiger charge is -2.14. The van der Waals surface area contributed by atoms with Crippen LogP contribution in [-0.2, 0) is 4.79 Å². The number of nitrogens with one attached hydrogen (secondary N) is 2. The molecule has 0 aromatic heterocycles. The molecule has 216 valence electrons. The predicted octanol–water partition coefficient (Wildman–Crippen LogP) is 4.36. The molecule has 0 aliphatic rings. The normalized spacial score (nSPS) is 10.6. The molecule has 0 heterocycles. The van der Waals surface area contributed by atoms with E-state index >= 15 is 0 Å². The zero-order chi connectivity index (χ0) is 29.8. The highest BCUT2D eigenvalue weighted by molar-refractivity contribution is 9.10. The van der Waals surface area contributed by atoms with Gasteiger partial charge < -0.3 is 29.0 Å². The molecule has 0 spiro atoms. The molecule has 0 atom stereocenters. The van der Waals surface area contributed by atoms with Crippen LogP contribution in [0.1, 0.15) is 39.6 Å². The fourth-order valence-corrected chi connectivity index (χ4v) is 3.85. The summed E-state index contributed by atoms with van der Waals surface area (Å²) in [5, 5.41) is 6.44. The molecular formula is C29H30BrN3O8.